The smallest absolute Gasteiger partial charge is 0.264 e. The molecule has 1 atom stereocenters. The molecule has 0 spiro atoms. The summed E-state index contributed by atoms with van der Waals surface area (Å²) in [5.74, 6) is -0.694. The van der Waals surface area contributed by atoms with Crippen LogP contribution in [0.25, 0.3) is 0 Å². The normalized spacial score (nSPS) is 14.7. The molecular weight excluding hydrogens is 558 g/mol. The third kappa shape index (κ3) is 7.89. The van der Waals surface area contributed by atoms with E-state index >= 15 is 0 Å². The molecule has 0 heterocycles. The number of rotatable bonds is 11. The number of anilines is 1. The molecule has 0 saturated heterocycles. The lowest BCUT2D eigenvalue weighted by atomic mass is 9.95. The highest BCUT2D eigenvalue weighted by molar-refractivity contribution is 7.92. The van der Waals surface area contributed by atoms with E-state index in [0.717, 1.165) is 42.0 Å². The second-order valence-electron chi connectivity index (χ2n) is 10.6. The molecule has 4 rings (SSSR count). The monoisotopic (exact) mass is 595 g/mol. The largest absolute Gasteiger partial charge is 0.352 e. The van der Waals surface area contributed by atoms with Crippen LogP contribution in [0.3, 0.4) is 0 Å². The molecule has 1 N–H and O–H groups in total. The quantitative estimate of drug-likeness (QED) is 0.306. The fourth-order valence-electron chi connectivity index (χ4n) is 5.22. The Morgan fingerprint density at radius 2 is 1.59 bits per heavy atom. The highest BCUT2D eigenvalue weighted by Gasteiger charge is 2.33. The van der Waals surface area contributed by atoms with E-state index in [1.54, 1.807) is 50.2 Å². The average molecular weight is 596 g/mol. The van der Waals surface area contributed by atoms with Crippen LogP contribution in [-0.4, -0.2) is 50.3 Å². The summed E-state index contributed by atoms with van der Waals surface area (Å²) in [6, 6.07) is 22.0. The zero-order valence-electron chi connectivity index (χ0n) is 23.6. The summed E-state index contributed by atoms with van der Waals surface area (Å²) in [5.41, 5.74) is 1.99. The van der Waals surface area contributed by atoms with E-state index in [4.69, 9.17) is 11.6 Å². The first-order valence-electron chi connectivity index (χ1n) is 14.1. The summed E-state index contributed by atoms with van der Waals surface area (Å²) in [5, 5.41) is 3.48. The van der Waals surface area contributed by atoms with Gasteiger partial charge < -0.3 is 10.2 Å². The zero-order chi connectivity index (χ0) is 29.4. The van der Waals surface area contributed by atoms with Crippen molar-refractivity contribution in [1.82, 2.24) is 10.2 Å². The van der Waals surface area contributed by atoms with Gasteiger partial charge in [-0.15, -0.1) is 0 Å². The molecule has 1 aliphatic rings. The van der Waals surface area contributed by atoms with Crippen LogP contribution in [0.4, 0.5) is 5.69 Å². The Balaban J connectivity index is 1.65. The molecule has 2 amide bonds. The number of nitrogens with zero attached hydrogens (tertiary/aromatic N) is 2. The van der Waals surface area contributed by atoms with Crippen LogP contribution in [0.15, 0.2) is 83.8 Å². The maximum absolute atomic E-state index is 14.1. The minimum atomic E-state index is -4.13. The number of nitrogens with one attached hydrogen (secondary N) is 1. The number of carbonyl (C=O) groups excluding carboxylic acids is 2. The number of hydrogen-bond acceptors (Lipinski definition) is 4. The van der Waals surface area contributed by atoms with E-state index in [1.807, 2.05) is 30.3 Å². The van der Waals surface area contributed by atoms with E-state index < -0.39 is 28.5 Å². The van der Waals surface area contributed by atoms with Gasteiger partial charge in [0.1, 0.15) is 12.6 Å². The van der Waals surface area contributed by atoms with Gasteiger partial charge in [-0.2, -0.15) is 0 Å². The van der Waals surface area contributed by atoms with Crippen molar-refractivity contribution < 1.29 is 18.0 Å². The molecule has 1 fully saturated rings. The van der Waals surface area contributed by atoms with Gasteiger partial charge in [0, 0.05) is 17.6 Å². The molecule has 3 aromatic rings. The molecule has 218 valence electrons. The van der Waals surface area contributed by atoms with Crippen LogP contribution in [0.5, 0.6) is 0 Å². The number of sulfonamides is 1. The third-order valence-electron chi connectivity index (χ3n) is 7.65. The number of halogens is 1. The Bertz CT molecular complexity index is 1430. The molecular formula is C32H38ClN3O4S. The van der Waals surface area contributed by atoms with Crippen molar-refractivity contribution in [3.8, 4) is 0 Å². The van der Waals surface area contributed by atoms with E-state index in [9.17, 15) is 18.0 Å². The van der Waals surface area contributed by atoms with Gasteiger partial charge in [0.2, 0.25) is 11.8 Å². The highest BCUT2D eigenvalue weighted by Crippen LogP contribution is 2.30. The lowest BCUT2D eigenvalue weighted by Gasteiger charge is -2.33. The number of aryl methyl sites for hydroxylation is 1. The third-order valence-corrected chi connectivity index (χ3v) is 9.66. The van der Waals surface area contributed by atoms with Gasteiger partial charge in [-0.1, -0.05) is 85.5 Å². The number of amides is 2. The zero-order valence-corrected chi connectivity index (χ0v) is 25.2. The maximum Gasteiger partial charge on any atom is 0.264 e. The lowest BCUT2D eigenvalue weighted by Crippen LogP contribution is -2.53. The summed E-state index contributed by atoms with van der Waals surface area (Å²) in [7, 11) is -4.13. The van der Waals surface area contributed by atoms with Gasteiger partial charge in [0.05, 0.1) is 10.6 Å². The van der Waals surface area contributed by atoms with E-state index in [-0.39, 0.29) is 23.4 Å². The molecule has 7 nitrogen and oxygen atoms in total. The van der Waals surface area contributed by atoms with Crippen molar-refractivity contribution in [2.75, 3.05) is 17.4 Å². The van der Waals surface area contributed by atoms with Gasteiger partial charge in [0.25, 0.3) is 10.0 Å². The van der Waals surface area contributed by atoms with Gasteiger partial charge >= 0.3 is 0 Å². The summed E-state index contributed by atoms with van der Waals surface area (Å²) in [4.78, 5) is 29.0. The van der Waals surface area contributed by atoms with Gasteiger partial charge in [-0.05, 0) is 68.5 Å². The minimum Gasteiger partial charge on any atom is -0.352 e. The molecule has 0 unspecified atom stereocenters. The summed E-state index contributed by atoms with van der Waals surface area (Å²) < 4.78 is 29.0. The number of hydrogen-bond donors (Lipinski definition) is 1. The van der Waals surface area contributed by atoms with Crippen LogP contribution in [0.2, 0.25) is 5.02 Å². The molecule has 0 bridgehead atoms. The molecule has 0 aliphatic heterocycles. The Hall–Kier alpha value is -3.36. The molecule has 41 heavy (non-hydrogen) atoms. The molecule has 0 aromatic heterocycles. The van der Waals surface area contributed by atoms with Crippen LogP contribution in [0.1, 0.15) is 50.2 Å². The molecule has 1 saturated carbocycles. The van der Waals surface area contributed by atoms with Crippen molar-refractivity contribution in [2.24, 2.45) is 0 Å². The summed E-state index contributed by atoms with van der Waals surface area (Å²) >= 11 is 6.29. The Labute approximate surface area is 248 Å². The van der Waals surface area contributed by atoms with Gasteiger partial charge in [0.15, 0.2) is 0 Å². The van der Waals surface area contributed by atoms with Crippen molar-refractivity contribution in [3.05, 3.63) is 95.0 Å². The predicted octanol–water partition coefficient (Wildman–Crippen LogP) is 5.75. The predicted molar refractivity (Wildman–Crippen MR) is 163 cm³/mol. The van der Waals surface area contributed by atoms with Gasteiger partial charge in [-0.25, -0.2) is 8.42 Å². The minimum absolute atomic E-state index is 0.0612. The number of carbonyl (C=O) groups is 2. The maximum atomic E-state index is 14.1. The first-order chi connectivity index (χ1) is 19.7. The molecule has 3 aromatic carbocycles. The fraction of sp³-hybridized carbons (Fsp3) is 0.375. The second kappa shape index (κ2) is 14.0. The van der Waals surface area contributed by atoms with Crippen LogP contribution >= 0.6 is 11.6 Å². The standard InChI is InChI=1S/C32H38ClN3O4S/c1-24-18-19-27(33)22-30(24)36(41(39,40)29-16-10-5-11-17-29)23-31(37)35(21-20-26-12-6-3-7-13-26)25(2)32(38)34-28-14-8-4-9-15-28/h3,5-7,10-13,16-19,22,25,28H,4,8-9,14-15,20-21,23H2,1-2H3,(H,34,38)/t25-/m1/s1. The van der Waals surface area contributed by atoms with Crippen molar-refractivity contribution in [2.45, 2.75) is 69.4 Å². The van der Waals surface area contributed by atoms with Crippen LogP contribution in [-0.2, 0) is 26.0 Å². The van der Waals surface area contributed by atoms with Crippen molar-refractivity contribution in [1.29, 1.82) is 0 Å². The van der Waals surface area contributed by atoms with Crippen molar-refractivity contribution >= 4 is 39.1 Å². The first kappa shape index (κ1) is 30.6. The molecule has 1 aliphatic carbocycles. The van der Waals surface area contributed by atoms with Gasteiger partial charge in [-0.3, -0.25) is 13.9 Å². The second-order valence-corrected chi connectivity index (χ2v) is 12.9. The molecule has 0 radical (unpaired) electrons. The van der Waals surface area contributed by atoms with E-state index in [2.05, 4.69) is 5.32 Å². The summed E-state index contributed by atoms with van der Waals surface area (Å²) in [6.45, 7) is 3.27. The van der Waals surface area contributed by atoms with Crippen LogP contribution < -0.4 is 9.62 Å². The van der Waals surface area contributed by atoms with E-state index in [1.165, 1.54) is 17.0 Å². The fourth-order valence-corrected chi connectivity index (χ4v) is 6.88. The first-order valence-corrected chi connectivity index (χ1v) is 16.0. The highest BCUT2D eigenvalue weighted by atomic mass is 35.5. The molecule has 9 heteroatoms. The average Bonchev–Trinajstić information content (AvgIpc) is 2.98. The Morgan fingerprint density at radius 1 is 0.951 bits per heavy atom. The number of benzene rings is 3. The Kier molecular flexibility index (Phi) is 10.5. The van der Waals surface area contributed by atoms with Crippen molar-refractivity contribution in [3.63, 3.8) is 0 Å². The van der Waals surface area contributed by atoms with E-state index in [0.29, 0.717) is 22.7 Å². The topological polar surface area (TPSA) is 86.8 Å². The SMILES string of the molecule is Cc1ccc(Cl)cc1N(CC(=O)N(CCc1ccccc1)[C@H](C)C(=O)NC1CCCCC1)S(=O)(=O)c1ccccc1. The van der Waals surface area contributed by atoms with Crippen LogP contribution in [0, 0.1) is 6.92 Å². The lowest BCUT2D eigenvalue weighted by molar-refractivity contribution is -0.139. The summed E-state index contributed by atoms with van der Waals surface area (Å²) in [6.07, 6.45) is 5.68. The Morgan fingerprint density at radius 3 is 2.24 bits per heavy atom.